The highest BCUT2D eigenvalue weighted by Crippen LogP contribution is 2.23. The second-order valence-electron chi connectivity index (χ2n) is 3.26. The third-order valence-corrected chi connectivity index (χ3v) is 2.57. The van der Waals surface area contributed by atoms with Crippen LogP contribution in [0.4, 0.5) is 0 Å². The first-order valence-corrected chi connectivity index (χ1v) is 4.65. The average Bonchev–Trinajstić information content (AvgIpc) is 2.53. The maximum Gasteiger partial charge on any atom is 0.220 e. The molecule has 1 heterocycles. The Kier molecular flexibility index (Phi) is 2.23. The van der Waals surface area contributed by atoms with Crippen LogP contribution in [0.3, 0.4) is 0 Å². The highest BCUT2D eigenvalue weighted by molar-refractivity contribution is 6.30. The Hall–Kier alpha value is -1.02. The van der Waals surface area contributed by atoms with E-state index >= 15 is 0 Å². The fraction of sp³-hybridized carbons (Fsp3) is 0.300. The van der Waals surface area contributed by atoms with Gasteiger partial charge in [-0.1, -0.05) is 23.7 Å². The van der Waals surface area contributed by atoms with E-state index in [4.69, 9.17) is 11.6 Å². The molecule has 0 unspecified atom stereocenters. The summed E-state index contributed by atoms with van der Waals surface area (Å²) >= 11 is 5.76. The van der Waals surface area contributed by atoms with Gasteiger partial charge in [0.1, 0.15) is 0 Å². The molecule has 3 heteroatoms. The van der Waals surface area contributed by atoms with Crippen LogP contribution < -0.4 is 5.32 Å². The Labute approximate surface area is 81.9 Å². The van der Waals surface area contributed by atoms with Gasteiger partial charge in [0, 0.05) is 23.9 Å². The molecule has 1 fully saturated rings. The lowest BCUT2D eigenvalue weighted by Gasteiger charge is -2.06. The first kappa shape index (κ1) is 8.57. The minimum atomic E-state index is 0.139. The van der Waals surface area contributed by atoms with Gasteiger partial charge < -0.3 is 5.32 Å². The molecule has 0 aliphatic carbocycles. The van der Waals surface area contributed by atoms with Crippen molar-refractivity contribution in [3.8, 4) is 0 Å². The molecule has 13 heavy (non-hydrogen) atoms. The van der Waals surface area contributed by atoms with E-state index in [9.17, 15) is 4.79 Å². The van der Waals surface area contributed by atoms with Crippen molar-refractivity contribution in [2.75, 3.05) is 6.54 Å². The van der Waals surface area contributed by atoms with Gasteiger partial charge in [-0.3, -0.25) is 4.79 Å². The van der Waals surface area contributed by atoms with Crippen molar-refractivity contribution < 1.29 is 4.79 Å². The number of hydrogen-bond donors (Lipinski definition) is 1. The third kappa shape index (κ3) is 1.83. The first-order valence-electron chi connectivity index (χ1n) is 4.28. The number of carbonyl (C=O) groups excluding carboxylic acids is 1. The van der Waals surface area contributed by atoms with Crippen LogP contribution in [0, 0.1) is 0 Å². The van der Waals surface area contributed by atoms with Crippen LogP contribution in [0.5, 0.6) is 0 Å². The molecule has 2 nitrogen and oxygen atoms in total. The van der Waals surface area contributed by atoms with E-state index in [1.54, 1.807) is 0 Å². The van der Waals surface area contributed by atoms with Gasteiger partial charge in [-0.15, -0.1) is 0 Å². The molecule has 68 valence electrons. The molecule has 1 aromatic carbocycles. The zero-order valence-corrected chi connectivity index (χ0v) is 7.84. The largest absolute Gasteiger partial charge is 0.355 e. The minimum absolute atomic E-state index is 0.139. The summed E-state index contributed by atoms with van der Waals surface area (Å²) in [5.41, 5.74) is 1.18. The first-order chi connectivity index (χ1) is 6.25. The molecular formula is C10H10ClNO. The zero-order valence-electron chi connectivity index (χ0n) is 7.09. The minimum Gasteiger partial charge on any atom is -0.355 e. The molecule has 1 atom stereocenters. The Balaban J connectivity index is 2.17. The zero-order chi connectivity index (χ0) is 9.26. The summed E-state index contributed by atoms with van der Waals surface area (Å²) in [5, 5.41) is 3.55. The summed E-state index contributed by atoms with van der Waals surface area (Å²) in [6, 6.07) is 7.68. The average molecular weight is 196 g/mol. The molecular weight excluding hydrogens is 186 g/mol. The number of amides is 1. The van der Waals surface area contributed by atoms with E-state index in [-0.39, 0.29) is 5.91 Å². The van der Waals surface area contributed by atoms with Gasteiger partial charge in [0.15, 0.2) is 0 Å². The van der Waals surface area contributed by atoms with Gasteiger partial charge in [0.2, 0.25) is 5.91 Å². The highest BCUT2D eigenvalue weighted by atomic mass is 35.5. The molecule has 1 aliphatic rings. The van der Waals surface area contributed by atoms with Crippen LogP contribution in [0.1, 0.15) is 17.9 Å². The number of nitrogens with one attached hydrogen (secondary N) is 1. The van der Waals surface area contributed by atoms with Crippen LogP contribution in [0.15, 0.2) is 24.3 Å². The molecule has 0 radical (unpaired) electrons. The van der Waals surface area contributed by atoms with Crippen LogP contribution in [0.25, 0.3) is 0 Å². The fourth-order valence-corrected chi connectivity index (χ4v) is 1.70. The van der Waals surface area contributed by atoms with Crippen molar-refractivity contribution in [3.63, 3.8) is 0 Å². The topological polar surface area (TPSA) is 29.1 Å². The molecule has 0 saturated carbocycles. The van der Waals surface area contributed by atoms with Crippen molar-refractivity contribution in [2.45, 2.75) is 12.3 Å². The maximum absolute atomic E-state index is 11.0. The van der Waals surface area contributed by atoms with E-state index in [1.807, 2.05) is 24.3 Å². The Morgan fingerprint density at radius 3 is 2.54 bits per heavy atom. The number of halogens is 1. The number of hydrogen-bond acceptors (Lipinski definition) is 1. The van der Waals surface area contributed by atoms with Crippen LogP contribution in [0.2, 0.25) is 5.02 Å². The van der Waals surface area contributed by atoms with Crippen molar-refractivity contribution in [1.82, 2.24) is 5.32 Å². The summed E-state index contributed by atoms with van der Waals surface area (Å²) in [6.07, 6.45) is 0.599. The molecule has 1 aromatic rings. The second-order valence-corrected chi connectivity index (χ2v) is 3.69. The predicted molar refractivity (Wildman–Crippen MR) is 51.8 cm³/mol. The standard InChI is InChI=1S/C10H10ClNO/c11-9-3-1-7(2-4-9)8-5-10(13)12-6-8/h1-4,8H,5-6H2,(H,12,13)/t8-/m0/s1. The van der Waals surface area contributed by atoms with Crippen LogP contribution in [-0.2, 0) is 4.79 Å². The molecule has 2 rings (SSSR count). The SMILES string of the molecule is O=C1C[C@H](c2ccc(Cl)cc2)CN1. The normalized spacial score (nSPS) is 21.6. The highest BCUT2D eigenvalue weighted by Gasteiger charge is 2.22. The summed E-state index contributed by atoms with van der Waals surface area (Å²) in [4.78, 5) is 11.0. The number of benzene rings is 1. The van der Waals surface area contributed by atoms with Gasteiger partial charge in [-0.25, -0.2) is 0 Å². The Bertz CT molecular complexity index is 320. The summed E-state index contributed by atoms with van der Waals surface area (Å²) in [7, 11) is 0. The number of carbonyl (C=O) groups is 1. The summed E-state index contributed by atoms with van der Waals surface area (Å²) in [5.74, 6) is 0.463. The van der Waals surface area contributed by atoms with E-state index in [0.717, 1.165) is 11.6 Å². The van der Waals surface area contributed by atoms with Crippen molar-refractivity contribution in [1.29, 1.82) is 0 Å². The molecule has 1 amide bonds. The Morgan fingerprint density at radius 2 is 2.00 bits per heavy atom. The van der Waals surface area contributed by atoms with E-state index in [2.05, 4.69) is 5.32 Å². The van der Waals surface area contributed by atoms with Crippen molar-refractivity contribution in [2.24, 2.45) is 0 Å². The lowest BCUT2D eigenvalue weighted by Crippen LogP contribution is -2.13. The maximum atomic E-state index is 11.0. The lowest BCUT2D eigenvalue weighted by atomic mass is 9.99. The molecule has 1 N–H and O–H groups in total. The van der Waals surface area contributed by atoms with E-state index < -0.39 is 0 Å². The molecule has 0 bridgehead atoms. The quantitative estimate of drug-likeness (QED) is 0.729. The smallest absolute Gasteiger partial charge is 0.220 e. The molecule has 0 spiro atoms. The fourth-order valence-electron chi connectivity index (χ4n) is 1.58. The lowest BCUT2D eigenvalue weighted by molar-refractivity contribution is -0.119. The van der Waals surface area contributed by atoms with Gasteiger partial charge in [0.05, 0.1) is 0 Å². The number of rotatable bonds is 1. The van der Waals surface area contributed by atoms with Crippen molar-refractivity contribution >= 4 is 17.5 Å². The van der Waals surface area contributed by atoms with Gasteiger partial charge in [-0.2, -0.15) is 0 Å². The van der Waals surface area contributed by atoms with Gasteiger partial charge >= 0.3 is 0 Å². The summed E-state index contributed by atoms with van der Waals surface area (Å²) in [6.45, 7) is 0.750. The summed E-state index contributed by atoms with van der Waals surface area (Å²) < 4.78 is 0. The van der Waals surface area contributed by atoms with Crippen LogP contribution >= 0.6 is 11.6 Å². The van der Waals surface area contributed by atoms with Crippen LogP contribution in [-0.4, -0.2) is 12.5 Å². The molecule has 0 aromatic heterocycles. The predicted octanol–water partition coefficient (Wildman–Crippen LogP) is 1.94. The monoisotopic (exact) mass is 195 g/mol. The van der Waals surface area contributed by atoms with E-state index in [0.29, 0.717) is 12.3 Å². The third-order valence-electron chi connectivity index (χ3n) is 2.32. The second kappa shape index (κ2) is 3.38. The molecule has 1 aliphatic heterocycles. The van der Waals surface area contributed by atoms with E-state index in [1.165, 1.54) is 5.56 Å². The van der Waals surface area contributed by atoms with Gasteiger partial charge in [0.25, 0.3) is 0 Å². The van der Waals surface area contributed by atoms with Gasteiger partial charge in [-0.05, 0) is 17.7 Å². The van der Waals surface area contributed by atoms with Crippen molar-refractivity contribution in [3.05, 3.63) is 34.9 Å². The molecule has 1 saturated heterocycles. The Morgan fingerprint density at radius 1 is 1.31 bits per heavy atom.